The van der Waals surface area contributed by atoms with Gasteiger partial charge < -0.3 is 4.74 Å². The summed E-state index contributed by atoms with van der Waals surface area (Å²) >= 11 is 3.27. The third-order valence-electron chi connectivity index (χ3n) is 1.56. The average molecular weight is 193 g/mol. The molecule has 0 saturated carbocycles. The number of ether oxygens (including phenoxy) is 1. The minimum Gasteiger partial charge on any atom is -0.461 e. The van der Waals surface area contributed by atoms with Gasteiger partial charge in [-0.3, -0.25) is 4.79 Å². The minimum atomic E-state index is -0.0630. The van der Waals surface area contributed by atoms with Gasteiger partial charge in [-0.25, -0.2) is 0 Å². The lowest BCUT2D eigenvalue weighted by molar-refractivity contribution is -0.140. The van der Waals surface area contributed by atoms with Crippen molar-refractivity contribution in [3.63, 3.8) is 0 Å². The van der Waals surface area contributed by atoms with Gasteiger partial charge >= 0.3 is 5.97 Å². The van der Waals surface area contributed by atoms with Gasteiger partial charge in [0.05, 0.1) is 6.42 Å². The Bertz CT molecular complexity index is 124. The van der Waals surface area contributed by atoms with E-state index in [2.05, 4.69) is 15.9 Å². The molecule has 1 rings (SSSR count). The predicted molar refractivity (Wildman–Crippen MR) is 37.5 cm³/mol. The second kappa shape index (κ2) is 2.69. The van der Waals surface area contributed by atoms with Crippen molar-refractivity contribution in [2.75, 3.05) is 5.33 Å². The summed E-state index contributed by atoms with van der Waals surface area (Å²) in [6.45, 7) is 2.02. The maximum atomic E-state index is 10.6. The van der Waals surface area contributed by atoms with Crippen molar-refractivity contribution in [2.24, 2.45) is 5.92 Å². The van der Waals surface area contributed by atoms with Crippen LogP contribution in [-0.4, -0.2) is 17.4 Å². The summed E-state index contributed by atoms with van der Waals surface area (Å²) in [6, 6.07) is 0. The Morgan fingerprint density at radius 2 is 2.56 bits per heavy atom. The highest BCUT2D eigenvalue weighted by Gasteiger charge is 2.29. The zero-order valence-corrected chi connectivity index (χ0v) is 6.85. The molecule has 0 amide bonds. The van der Waals surface area contributed by atoms with Crippen LogP contribution in [0.1, 0.15) is 13.3 Å². The van der Waals surface area contributed by atoms with E-state index >= 15 is 0 Å². The Hall–Kier alpha value is -0.0500. The standard InChI is InChI=1S/C6H9BrO2/c1-4-2-6(8)9-5(4)3-7/h4-5H,2-3H2,1H3/t4-,5+/m0/s1. The molecule has 0 aliphatic carbocycles. The minimum absolute atomic E-state index is 0.0630. The highest BCUT2D eigenvalue weighted by molar-refractivity contribution is 9.09. The van der Waals surface area contributed by atoms with Crippen molar-refractivity contribution in [3.05, 3.63) is 0 Å². The second-order valence-electron chi connectivity index (χ2n) is 2.36. The van der Waals surface area contributed by atoms with Gasteiger partial charge in [-0.05, 0) is 0 Å². The molecule has 1 aliphatic heterocycles. The summed E-state index contributed by atoms with van der Waals surface area (Å²) in [5.74, 6) is 0.323. The van der Waals surface area contributed by atoms with Crippen LogP contribution in [0.25, 0.3) is 0 Å². The van der Waals surface area contributed by atoms with Crippen LogP contribution in [0.3, 0.4) is 0 Å². The van der Waals surface area contributed by atoms with E-state index in [1.807, 2.05) is 6.92 Å². The molecule has 1 fully saturated rings. The average Bonchev–Trinajstić information content (AvgIpc) is 2.10. The van der Waals surface area contributed by atoms with E-state index < -0.39 is 0 Å². The molecule has 0 aromatic heterocycles. The monoisotopic (exact) mass is 192 g/mol. The van der Waals surface area contributed by atoms with Crippen LogP contribution >= 0.6 is 15.9 Å². The first-order valence-electron chi connectivity index (χ1n) is 2.99. The first-order chi connectivity index (χ1) is 4.24. The van der Waals surface area contributed by atoms with Gasteiger partial charge in [0, 0.05) is 11.2 Å². The van der Waals surface area contributed by atoms with Crippen LogP contribution in [-0.2, 0) is 9.53 Å². The van der Waals surface area contributed by atoms with Gasteiger partial charge in [0.15, 0.2) is 0 Å². The van der Waals surface area contributed by atoms with E-state index in [1.54, 1.807) is 0 Å². The van der Waals surface area contributed by atoms with Gasteiger partial charge in [-0.2, -0.15) is 0 Å². The SMILES string of the molecule is C[C@H]1CC(=O)O[C@@H]1CBr. The van der Waals surface area contributed by atoms with Crippen LogP contribution in [0.2, 0.25) is 0 Å². The van der Waals surface area contributed by atoms with E-state index in [-0.39, 0.29) is 12.1 Å². The topological polar surface area (TPSA) is 26.3 Å². The number of carbonyl (C=O) groups is 1. The Morgan fingerprint density at radius 3 is 2.78 bits per heavy atom. The Morgan fingerprint density at radius 1 is 1.89 bits per heavy atom. The van der Waals surface area contributed by atoms with Crippen LogP contribution in [0.5, 0.6) is 0 Å². The van der Waals surface area contributed by atoms with Crippen LogP contribution < -0.4 is 0 Å². The van der Waals surface area contributed by atoms with E-state index in [9.17, 15) is 4.79 Å². The molecule has 1 saturated heterocycles. The number of esters is 1. The maximum Gasteiger partial charge on any atom is 0.306 e. The highest BCUT2D eigenvalue weighted by Crippen LogP contribution is 2.22. The predicted octanol–water partition coefficient (Wildman–Crippen LogP) is 1.33. The number of alkyl halides is 1. The zero-order valence-electron chi connectivity index (χ0n) is 5.26. The van der Waals surface area contributed by atoms with Crippen molar-refractivity contribution in [1.82, 2.24) is 0 Å². The lowest BCUT2D eigenvalue weighted by Gasteiger charge is -2.07. The van der Waals surface area contributed by atoms with Gasteiger partial charge in [-0.1, -0.05) is 22.9 Å². The van der Waals surface area contributed by atoms with Crippen molar-refractivity contribution in [1.29, 1.82) is 0 Å². The highest BCUT2D eigenvalue weighted by atomic mass is 79.9. The molecule has 9 heavy (non-hydrogen) atoms. The molecule has 2 nitrogen and oxygen atoms in total. The summed E-state index contributed by atoms with van der Waals surface area (Å²) in [5.41, 5.74) is 0. The third kappa shape index (κ3) is 1.45. The fourth-order valence-electron chi connectivity index (χ4n) is 0.911. The number of rotatable bonds is 1. The quantitative estimate of drug-likeness (QED) is 0.463. The summed E-state index contributed by atoms with van der Waals surface area (Å²) in [6.07, 6.45) is 0.688. The smallest absolute Gasteiger partial charge is 0.306 e. The van der Waals surface area contributed by atoms with E-state index in [0.29, 0.717) is 12.3 Å². The fraction of sp³-hybridized carbons (Fsp3) is 0.833. The molecule has 0 aromatic rings. The fourth-order valence-corrected chi connectivity index (χ4v) is 1.68. The molecule has 0 radical (unpaired) electrons. The Balaban J connectivity index is 2.47. The molecular weight excluding hydrogens is 184 g/mol. The molecule has 2 atom stereocenters. The Labute approximate surface area is 62.7 Å². The normalized spacial score (nSPS) is 34.7. The number of halogens is 1. The summed E-state index contributed by atoms with van der Waals surface area (Å²) in [4.78, 5) is 10.6. The van der Waals surface area contributed by atoms with Crippen LogP contribution in [0.15, 0.2) is 0 Å². The van der Waals surface area contributed by atoms with E-state index in [4.69, 9.17) is 4.74 Å². The number of carbonyl (C=O) groups excluding carboxylic acids is 1. The zero-order chi connectivity index (χ0) is 6.85. The third-order valence-corrected chi connectivity index (χ3v) is 2.20. The van der Waals surface area contributed by atoms with Gasteiger partial charge in [-0.15, -0.1) is 0 Å². The van der Waals surface area contributed by atoms with Gasteiger partial charge in [0.25, 0.3) is 0 Å². The lowest BCUT2D eigenvalue weighted by atomic mass is 10.1. The molecule has 0 spiro atoms. The summed E-state index contributed by atoms with van der Waals surface area (Å²) in [5, 5.41) is 0.764. The Kier molecular flexibility index (Phi) is 2.11. The van der Waals surface area contributed by atoms with Crippen molar-refractivity contribution < 1.29 is 9.53 Å². The molecule has 0 bridgehead atoms. The molecule has 0 aromatic carbocycles. The summed E-state index contributed by atoms with van der Waals surface area (Å²) in [7, 11) is 0. The molecule has 52 valence electrons. The number of cyclic esters (lactones) is 1. The van der Waals surface area contributed by atoms with E-state index in [1.165, 1.54) is 0 Å². The first-order valence-corrected chi connectivity index (χ1v) is 4.11. The molecule has 3 heteroatoms. The van der Waals surface area contributed by atoms with Crippen molar-refractivity contribution >= 4 is 21.9 Å². The number of hydrogen-bond acceptors (Lipinski definition) is 2. The largest absolute Gasteiger partial charge is 0.461 e. The summed E-state index contributed by atoms with van der Waals surface area (Å²) < 4.78 is 4.94. The molecule has 0 N–H and O–H groups in total. The van der Waals surface area contributed by atoms with Crippen molar-refractivity contribution in [2.45, 2.75) is 19.4 Å². The second-order valence-corrected chi connectivity index (χ2v) is 3.01. The molecule has 1 heterocycles. The maximum absolute atomic E-state index is 10.6. The molecule has 1 aliphatic rings. The van der Waals surface area contributed by atoms with Crippen molar-refractivity contribution in [3.8, 4) is 0 Å². The van der Waals surface area contributed by atoms with E-state index in [0.717, 1.165) is 5.33 Å². The van der Waals surface area contributed by atoms with Crippen LogP contribution in [0.4, 0.5) is 0 Å². The van der Waals surface area contributed by atoms with Gasteiger partial charge in [0.2, 0.25) is 0 Å². The van der Waals surface area contributed by atoms with Gasteiger partial charge in [0.1, 0.15) is 6.10 Å². The lowest BCUT2D eigenvalue weighted by Crippen LogP contribution is -2.14. The molecule has 0 unspecified atom stereocenters. The molecular formula is C6H9BrO2. The first kappa shape index (κ1) is 7.06. The van der Waals surface area contributed by atoms with Crippen LogP contribution in [0, 0.1) is 5.92 Å². The number of hydrogen-bond donors (Lipinski definition) is 0.